The summed E-state index contributed by atoms with van der Waals surface area (Å²) < 4.78 is 5.04. The number of amides is 3. The van der Waals surface area contributed by atoms with Crippen molar-refractivity contribution in [1.29, 1.82) is 0 Å². The summed E-state index contributed by atoms with van der Waals surface area (Å²) >= 11 is 0. The number of hydrogen-bond donors (Lipinski definition) is 2. The predicted molar refractivity (Wildman–Crippen MR) is 76.8 cm³/mol. The largest absolute Gasteiger partial charge is 0.459 e. The van der Waals surface area contributed by atoms with E-state index in [1.54, 1.807) is 17.0 Å². The number of carbonyl (C=O) groups excluding carboxylic acids is 3. The van der Waals surface area contributed by atoms with E-state index < -0.39 is 18.1 Å². The molecule has 0 bridgehead atoms. The van der Waals surface area contributed by atoms with E-state index >= 15 is 0 Å². The molecule has 1 aromatic heterocycles. The van der Waals surface area contributed by atoms with Gasteiger partial charge < -0.3 is 20.0 Å². The zero-order valence-corrected chi connectivity index (χ0v) is 12.5. The summed E-state index contributed by atoms with van der Waals surface area (Å²) in [5.41, 5.74) is 0. The van der Waals surface area contributed by atoms with Crippen LogP contribution in [0.4, 0.5) is 0 Å². The van der Waals surface area contributed by atoms with E-state index in [1.807, 2.05) is 13.8 Å². The number of hydrogen-bond acceptors (Lipinski definition) is 4. The minimum absolute atomic E-state index is 0.0363. The quantitative estimate of drug-likeness (QED) is 0.830. The van der Waals surface area contributed by atoms with Gasteiger partial charge in [-0.15, -0.1) is 0 Å². The monoisotopic (exact) mass is 305 g/mol. The number of fused-ring (bicyclic) bond motifs is 1. The van der Waals surface area contributed by atoms with Gasteiger partial charge in [0.1, 0.15) is 12.1 Å². The molecule has 0 radical (unpaired) electrons. The van der Waals surface area contributed by atoms with Gasteiger partial charge in [0.2, 0.25) is 11.8 Å². The SMILES string of the molecule is CC(C)[C@H]1NC(=O)[C@@H]2[C@@H](NC(=O)c3ccco3)CCN2C1=O. The first-order chi connectivity index (χ1) is 10.5. The molecular weight excluding hydrogens is 286 g/mol. The van der Waals surface area contributed by atoms with Crippen molar-refractivity contribution in [3.05, 3.63) is 24.2 Å². The van der Waals surface area contributed by atoms with Gasteiger partial charge in [0, 0.05) is 6.54 Å². The van der Waals surface area contributed by atoms with Crippen LogP contribution in [0.1, 0.15) is 30.8 Å². The van der Waals surface area contributed by atoms with Crippen LogP contribution in [-0.2, 0) is 9.59 Å². The van der Waals surface area contributed by atoms with Crippen LogP contribution in [0.5, 0.6) is 0 Å². The Bertz CT molecular complexity index is 596. The van der Waals surface area contributed by atoms with E-state index in [9.17, 15) is 14.4 Å². The van der Waals surface area contributed by atoms with Crippen molar-refractivity contribution in [2.45, 2.75) is 38.4 Å². The van der Waals surface area contributed by atoms with Gasteiger partial charge in [0.15, 0.2) is 5.76 Å². The van der Waals surface area contributed by atoms with Crippen molar-refractivity contribution in [1.82, 2.24) is 15.5 Å². The smallest absolute Gasteiger partial charge is 0.287 e. The van der Waals surface area contributed by atoms with Crippen LogP contribution in [0, 0.1) is 5.92 Å². The highest BCUT2D eigenvalue weighted by Crippen LogP contribution is 2.25. The van der Waals surface area contributed by atoms with E-state index in [0.29, 0.717) is 13.0 Å². The zero-order chi connectivity index (χ0) is 15.9. The van der Waals surface area contributed by atoms with E-state index in [4.69, 9.17) is 4.42 Å². The highest BCUT2D eigenvalue weighted by atomic mass is 16.3. The van der Waals surface area contributed by atoms with Gasteiger partial charge in [-0.3, -0.25) is 14.4 Å². The second kappa shape index (κ2) is 5.47. The number of nitrogens with zero attached hydrogens (tertiary/aromatic N) is 1. The third-order valence-corrected chi connectivity index (χ3v) is 4.24. The Balaban J connectivity index is 1.74. The summed E-state index contributed by atoms with van der Waals surface area (Å²) in [4.78, 5) is 38.4. The molecule has 3 atom stereocenters. The molecule has 3 heterocycles. The topological polar surface area (TPSA) is 91.7 Å². The number of nitrogens with one attached hydrogen (secondary N) is 2. The molecular formula is C15H19N3O4. The van der Waals surface area contributed by atoms with Crippen molar-refractivity contribution in [2.75, 3.05) is 6.54 Å². The summed E-state index contributed by atoms with van der Waals surface area (Å²) in [6.07, 6.45) is 1.97. The second-order valence-electron chi connectivity index (χ2n) is 6.05. The molecule has 0 aliphatic carbocycles. The average molecular weight is 305 g/mol. The fourth-order valence-corrected chi connectivity index (χ4v) is 3.09. The molecule has 0 saturated carbocycles. The molecule has 0 aromatic carbocycles. The molecule has 2 aliphatic heterocycles. The summed E-state index contributed by atoms with van der Waals surface area (Å²) in [6.45, 7) is 4.27. The maximum absolute atomic E-state index is 12.4. The van der Waals surface area contributed by atoms with Gasteiger partial charge in [-0.05, 0) is 24.5 Å². The maximum atomic E-state index is 12.4. The standard InChI is InChI=1S/C15H19N3O4/c1-8(2)11-15(21)18-6-5-9(12(18)14(20)17-11)16-13(19)10-4-3-7-22-10/h3-4,7-9,11-12H,5-6H2,1-2H3,(H,16,19)(H,17,20)/t9-,11+,12-/m0/s1. The molecule has 118 valence electrons. The summed E-state index contributed by atoms with van der Waals surface area (Å²) in [6, 6.07) is 1.67. The number of rotatable bonds is 3. The van der Waals surface area contributed by atoms with Crippen molar-refractivity contribution in [3.8, 4) is 0 Å². The number of piperazine rings is 1. The van der Waals surface area contributed by atoms with E-state index in [0.717, 1.165) is 0 Å². The lowest BCUT2D eigenvalue weighted by molar-refractivity contribution is -0.148. The lowest BCUT2D eigenvalue weighted by Gasteiger charge is -2.37. The zero-order valence-electron chi connectivity index (χ0n) is 12.5. The summed E-state index contributed by atoms with van der Waals surface area (Å²) in [5, 5.41) is 5.56. The first kappa shape index (κ1) is 14.6. The van der Waals surface area contributed by atoms with E-state index in [2.05, 4.69) is 10.6 Å². The third kappa shape index (κ3) is 2.36. The van der Waals surface area contributed by atoms with Gasteiger partial charge in [-0.2, -0.15) is 0 Å². The normalized spacial score (nSPS) is 27.8. The number of carbonyl (C=O) groups is 3. The first-order valence-electron chi connectivity index (χ1n) is 7.44. The number of furan rings is 1. The molecule has 7 nitrogen and oxygen atoms in total. The van der Waals surface area contributed by atoms with Crippen LogP contribution in [0.25, 0.3) is 0 Å². The van der Waals surface area contributed by atoms with Crippen LogP contribution < -0.4 is 10.6 Å². The van der Waals surface area contributed by atoms with Gasteiger partial charge >= 0.3 is 0 Å². The molecule has 0 spiro atoms. The Kier molecular flexibility index (Phi) is 3.64. The van der Waals surface area contributed by atoms with Gasteiger partial charge in [-0.25, -0.2) is 0 Å². The molecule has 2 N–H and O–H groups in total. The Morgan fingerprint density at radius 2 is 2.23 bits per heavy atom. The van der Waals surface area contributed by atoms with Gasteiger partial charge in [-0.1, -0.05) is 13.8 Å². The lowest BCUT2D eigenvalue weighted by Crippen LogP contribution is -2.66. The summed E-state index contributed by atoms with van der Waals surface area (Å²) in [7, 11) is 0. The average Bonchev–Trinajstić information content (AvgIpc) is 3.12. The van der Waals surface area contributed by atoms with E-state index in [-0.39, 0.29) is 29.4 Å². The summed E-state index contributed by atoms with van der Waals surface area (Å²) in [5.74, 6) is -0.423. The van der Waals surface area contributed by atoms with Crippen LogP contribution in [0.15, 0.2) is 22.8 Å². The minimum atomic E-state index is -0.638. The Morgan fingerprint density at radius 3 is 2.86 bits per heavy atom. The molecule has 3 amide bonds. The second-order valence-corrected chi connectivity index (χ2v) is 6.05. The molecule has 0 unspecified atom stereocenters. The minimum Gasteiger partial charge on any atom is -0.459 e. The van der Waals surface area contributed by atoms with Crippen molar-refractivity contribution in [3.63, 3.8) is 0 Å². The molecule has 2 aliphatic rings. The van der Waals surface area contributed by atoms with Crippen LogP contribution in [0.2, 0.25) is 0 Å². The molecule has 2 fully saturated rings. The molecule has 2 saturated heterocycles. The lowest BCUT2D eigenvalue weighted by atomic mass is 9.97. The van der Waals surface area contributed by atoms with E-state index in [1.165, 1.54) is 6.26 Å². The Hall–Kier alpha value is -2.31. The highest BCUT2D eigenvalue weighted by Gasteiger charge is 2.49. The molecule has 1 aromatic rings. The predicted octanol–water partition coefficient (Wildman–Crippen LogP) is 0.133. The van der Waals surface area contributed by atoms with Crippen molar-refractivity contribution in [2.24, 2.45) is 5.92 Å². The molecule has 7 heteroatoms. The van der Waals surface area contributed by atoms with Crippen molar-refractivity contribution < 1.29 is 18.8 Å². The van der Waals surface area contributed by atoms with Crippen LogP contribution in [0.3, 0.4) is 0 Å². The third-order valence-electron chi connectivity index (χ3n) is 4.24. The highest BCUT2D eigenvalue weighted by molar-refractivity contribution is 5.99. The first-order valence-corrected chi connectivity index (χ1v) is 7.44. The maximum Gasteiger partial charge on any atom is 0.287 e. The van der Waals surface area contributed by atoms with Gasteiger partial charge in [0.05, 0.1) is 12.3 Å². The van der Waals surface area contributed by atoms with Crippen LogP contribution >= 0.6 is 0 Å². The van der Waals surface area contributed by atoms with Crippen LogP contribution in [-0.4, -0.2) is 47.3 Å². The fraction of sp³-hybridized carbons (Fsp3) is 0.533. The Morgan fingerprint density at radius 1 is 1.45 bits per heavy atom. The van der Waals surface area contributed by atoms with Gasteiger partial charge in [0.25, 0.3) is 5.91 Å². The fourth-order valence-electron chi connectivity index (χ4n) is 3.09. The Labute approximate surface area is 128 Å². The molecule has 3 rings (SSSR count). The molecule has 22 heavy (non-hydrogen) atoms. The van der Waals surface area contributed by atoms with Crippen molar-refractivity contribution >= 4 is 17.7 Å².